The lowest BCUT2D eigenvalue weighted by molar-refractivity contribution is 0.231. The van der Waals surface area contributed by atoms with Gasteiger partial charge in [-0.1, -0.05) is 32.1 Å². The highest BCUT2D eigenvalue weighted by Gasteiger charge is 2.19. The molecule has 2 amide bonds. The Labute approximate surface area is 98.4 Å². The van der Waals surface area contributed by atoms with Crippen molar-refractivity contribution in [1.82, 2.24) is 10.6 Å². The zero-order chi connectivity index (χ0) is 11.8. The van der Waals surface area contributed by atoms with Gasteiger partial charge in [-0.25, -0.2) is 4.79 Å². The molecule has 1 fully saturated rings. The molecule has 1 aliphatic rings. The molecule has 0 aromatic rings. The molecule has 0 aliphatic heterocycles. The fourth-order valence-corrected chi connectivity index (χ4v) is 2.27. The predicted molar refractivity (Wildman–Crippen MR) is 66.0 cm³/mol. The average Bonchev–Trinajstić information content (AvgIpc) is 2.34. The van der Waals surface area contributed by atoms with Crippen molar-refractivity contribution in [2.75, 3.05) is 13.1 Å². The van der Waals surface area contributed by atoms with Gasteiger partial charge in [-0.3, -0.25) is 0 Å². The minimum atomic E-state index is -0.143. The topological polar surface area (TPSA) is 41.1 Å². The lowest BCUT2D eigenvalue weighted by Gasteiger charge is -2.27. The molecule has 0 aromatic carbocycles. The minimum absolute atomic E-state index is 0.143. The van der Waals surface area contributed by atoms with E-state index in [0.29, 0.717) is 12.5 Å². The van der Waals surface area contributed by atoms with Gasteiger partial charge in [0, 0.05) is 6.54 Å². The van der Waals surface area contributed by atoms with Crippen LogP contribution < -0.4 is 10.6 Å². The van der Waals surface area contributed by atoms with Gasteiger partial charge < -0.3 is 10.6 Å². The molecule has 3 nitrogen and oxygen atoms in total. The first-order valence-electron chi connectivity index (χ1n) is 6.21. The van der Waals surface area contributed by atoms with E-state index in [4.69, 9.17) is 6.42 Å². The summed E-state index contributed by atoms with van der Waals surface area (Å²) in [5.41, 5.74) is 0. The maximum atomic E-state index is 11.2. The Morgan fingerprint density at radius 3 is 2.44 bits per heavy atom. The maximum Gasteiger partial charge on any atom is 0.315 e. The first kappa shape index (κ1) is 12.9. The quantitative estimate of drug-likeness (QED) is 0.703. The second-order valence-electron chi connectivity index (χ2n) is 4.56. The SMILES string of the molecule is C#CCNC(=O)NCC1CCC(CC)CC1. The normalized spacial score (nSPS) is 24.5. The van der Waals surface area contributed by atoms with Crippen LogP contribution in [0.3, 0.4) is 0 Å². The molecule has 1 rings (SSSR count). The Bertz CT molecular complexity index is 249. The molecule has 0 spiro atoms. The van der Waals surface area contributed by atoms with Gasteiger partial charge in [0.25, 0.3) is 0 Å². The second-order valence-corrected chi connectivity index (χ2v) is 4.56. The summed E-state index contributed by atoms with van der Waals surface area (Å²) in [5, 5.41) is 5.48. The number of carbonyl (C=O) groups is 1. The van der Waals surface area contributed by atoms with Crippen molar-refractivity contribution >= 4 is 6.03 Å². The Kier molecular flexibility index (Phi) is 5.77. The largest absolute Gasteiger partial charge is 0.338 e. The van der Waals surface area contributed by atoms with Crippen molar-refractivity contribution in [3.05, 3.63) is 0 Å². The number of terminal acetylenes is 1. The number of hydrogen-bond donors (Lipinski definition) is 2. The van der Waals surface area contributed by atoms with Crippen molar-refractivity contribution in [2.24, 2.45) is 11.8 Å². The molecule has 1 aliphatic carbocycles. The van der Waals surface area contributed by atoms with Crippen molar-refractivity contribution in [3.63, 3.8) is 0 Å². The Balaban J connectivity index is 2.10. The molecule has 1 saturated carbocycles. The number of hydrogen-bond acceptors (Lipinski definition) is 1. The van der Waals surface area contributed by atoms with E-state index >= 15 is 0 Å². The van der Waals surface area contributed by atoms with Gasteiger partial charge in [0.15, 0.2) is 0 Å². The molecule has 3 heteroatoms. The van der Waals surface area contributed by atoms with Gasteiger partial charge in [0.05, 0.1) is 6.54 Å². The molecular formula is C13H22N2O. The Morgan fingerprint density at radius 2 is 1.88 bits per heavy atom. The van der Waals surface area contributed by atoms with Crippen molar-refractivity contribution in [1.29, 1.82) is 0 Å². The molecule has 0 radical (unpaired) electrons. The number of nitrogens with one attached hydrogen (secondary N) is 2. The number of urea groups is 1. The lowest BCUT2D eigenvalue weighted by atomic mass is 9.81. The van der Waals surface area contributed by atoms with E-state index in [1.165, 1.54) is 32.1 Å². The van der Waals surface area contributed by atoms with Crippen LogP contribution in [0.15, 0.2) is 0 Å². The maximum absolute atomic E-state index is 11.2. The van der Waals surface area contributed by atoms with Gasteiger partial charge in [0.2, 0.25) is 0 Å². The molecule has 16 heavy (non-hydrogen) atoms. The van der Waals surface area contributed by atoms with Gasteiger partial charge >= 0.3 is 6.03 Å². The molecule has 0 aromatic heterocycles. The zero-order valence-corrected chi connectivity index (χ0v) is 10.1. The third-order valence-corrected chi connectivity index (χ3v) is 3.45. The van der Waals surface area contributed by atoms with Crippen LogP contribution in [0, 0.1) is 24.2 Å². The summed E-state index contributed by atoms with van der Waals surface area (Å²) in [4.78, 5) is 11.2. The van der Waals surface area contributed by atoms with E-state index in [0.717, 1.165) is 12.5 Å². The fraction of sp³-hybridized carbons (Fsp3) is 0.769. The summed E-state index contributed by atoms with van der Waals surface area (Å²) >= 11 is 0. The van der Waals surface area contributed by atoms with Crippen molar-refractivity contribution in [3.8, 4) is 12.3 Å². The third-order valence-electron chi connectivity index (χ3n) is 3.45. The standard InChI is InChI=1S/C13H22N2O/c1-3-9-14-13(16)15-10-12-7-5-11(4-2)6-8-12/h1,11-12H,4-10H2,2H3,(H2,14,15,16). The van der Waals surface area contributed by atoms with Crippen LogP contribution in [0.4, 0.5) is 4.79 Å². The van der Waals surface area contributed by atoms with Gasteiger partial charge in [0.1, 0.15) is 0 Å². The van der Waals surface area contributed by atoms with E-state index in [-0.39, 0.29) is 6.03 Å². The van der Waals surface area contributed by atoms with Crippen LogP contribution in [0.1, 0.15) is 39.0 Å². The van der Waals surface area contributed by atoms with E-state index in [1.54, 1.807) is 0 Å². The minimum Gasteiger partial charge on any atom is -0.338 e. The van der Waals surface area contributed by atoms with Crippen LogP contribution in [0.2, 0.25) is 0 Å². The monoisotopic (exact) mass is 222 g/mol. The van der Waals surface area contributed by atoms with Crippen LogP contribution in [-0.2, 0) is 0 Å². The number of carbonyl (C=O) groups excluding carboxylic acids is 1. The first-order valence-corrected chi connectivity index (χ1v) is 6.21. The second kappa shape index (κ2) is 7.16. The zero-order valence-electron chi connectivity index (χ0n) is 10.1. The molecule has 0 heterocycles. The molecule has 0 bridgehead atoms. The summed E-state index contributed by atoms with van der Waals surface area (Å²) in [5.74, 6) is 3.94. The fourth-order valence-electron chi connectivity index (χ4n) is 2.27. The van der Waals surface area contributed by atoms with Crippen molar-refractivity contribution < 1.29 is 4.79 Å². The summed E-state index contributed by atoms with van der Waals surface area (Å²) in [7, 11) is 0. The smallest absolute Gasteiger partial charge is 0.315 e. The van der Waals surface area contributed by atoms with E-state index in [1.807, 2.05) is 0 Å². The molecule has 2 N–H and O–H groups in total. The molecule has 90 valence electrons. The highest BCUT2D eigenvalue weighted by molar-refractivity contribution is 5.74. The highest BCUT2D eigenvalue weighted by Crippen LogP contribution is 2.29. The Morgan fingerprint density at radius 1 is 1.25 bits per heavy atom. The van der Waals surface area contributed by atoms with Crippen LogP contribution in [0.5, 0.6) is 0 Å². The van der Waals surface area contributed by atoms with E-state index in [9.17, 15) is 4.79 Å². The lowest BCUT2D eigenvalue weighted by Crippen LogP contribution is -2.39. The predicted octanol–water partition coefficient (Wildman–Crippen LogP) is 2.14. The summed E-state index contributed by atoms with van der Waals surface area (Å²) in [6.45, 7) is 3.34. The molecule has 0 atom stereocenters. The van der Waals surface area contributed by atoms with E-state index in [2.05, 4.69) is 23.5 Å². The van der Waals surface area contributed by atoms with Crippen molar-refractivity contribution in [2.45, 2.75) is 39.0 Å². The van der Waals surface area contributed by atoms with Crippen LogP contribution in [-0.4, -0.2) is 19.1 Å². The van der Waals surface area contributed by atoms with Gasteiger partial charge in [-0.2, -0.15) is 0 Å². The van der Waals surface area contributed by atoms with Crippen LogP contribution in [0.25, 0.3) is 0 Å². The Hall–Kier alpha value is -1.17. The first-order chi connectivity index (χ1) is 7.76. The molecule has 0 saturated heterocycles. The molecule has 0 unspecified atom stereocenters. The number of amides is 2. The van der Waals surface area contributed by atoms with Gasteiger partial charge in [-0.15, -0.1) is 6.42 Å². The highest BCUT2D eigenvalue weighted by atomic mass is 16.2. The van der Waals surface area contributed by atoms with Gasteiger partial charge in [-0.05, 0) is 24.7 Å². The average molecular weight is 222 g/mol. The molecular weight excluding hydrogens is 200 g/mol. The summed E-state index contributed by atoms with van der Waals surface area (Å²) in [6.07, 6.45) is 11.5. The van der Waals surface area contributed by atoms with Crippen LogP contribution >= 0.6 is 0 Å². The summed E-state index contributed by atoms with van der Waals surface area (Å²) in [6, 6.07) is -0.143. The summed E-state index contributed by atoms with van der Waals surface area (Å²) < 4.78 is 0. The van der Waals surface area contributed by atoms with E-state index < -0.39 is 0 Å². The number of rotatable bonds is 4. The third kappa shape index (κ3) is 4.57.